The number of aryl methyl sites for hydroxylation is 1. The van der Waals surface area contributed by atoms with Gasteiger partial charge in [-0.05, 0) is 5.56 Å². The Balaban J connectivity index is 2.04. The van der Waals surface area contributed by atoms with E-state index in [-0.39, 0.29) is 10.7 Å². The van der Waals surface area contributed by atoms with E-state index in [0.29, 0.717) is 41.3 Å². The number of imidazole rings is 1. The molecule has 10 heteroatoms. The fourth-order valence-electron chi connectivity index (χ4n) is 3.28. The van der Waals surface area contributed by atoms with Crippen molar-refractivity contribution in [1.82, 2.24) is 24.3 Å². The van der Waals surface area contributed by atoms with E-state index in [1.165, 1.54) is 6.20 Å². The first-order valence-electron chi connectivity index (χ1n) is 9.05. The molecule has 0 aliphatic carbocycles. The zero-order valence-electron chi connectivity index (χ0n) is 16.2. The van der Waals surface area contributed by atoms with Gasteiger partial charge in [0, 0.05) is 26.3 Å². The number of hydrogen-bond donors (Lipinski definition) is 1. The van der Waals surface area contributed by atoms with Gasteiger partial charge < -0.3 is 9.88 Å². The van der Waals surface area contributed by atoms with Crippen LogP contribution in [0.25, 0.3) is 16.7 Å². The van der Waals surface area contributed by atoms with Crippen LogP contribution in [0, 0.1) is 0 Å². The highest BCUT2D eigenvalue weighted by Gasteiger charge is 2.22. The van der Waals surface area contributed by atoms with E-state index in [2.05, 4.69) is 19.9 Å². The monoisotopic (exact) mass is 412 g/mol. The normalized spacial score (nSPS) is 12.0. The second-order valence-electron chi connectivity index (χ2n) is 6.84. The predicted molar refractivity (Wildman–Crippen MR) is 110 cm³/mol. The van der Waals surface area contributed by atoms with Crippen molar-refractivity contribution in [2.45, 2.75) is 25.0 Å². The SMILES string of the molecule is CCc1ncc2c(=O)[nH]c3c(N(C)Cc4ccccc4)nc(S(C)(=O)=O)nc3n12. The van der Waals surface area contributed by atoms with Crippen LogP contribution in [-0.2, 0) is 22.8 Å². The number of fused-ring (bicyclic) bond motifs is 3. The van der Waals surface area contributed by atoms with Gasteiger partial charge in [-0.15, -0.1) is 0 Å². The lowest BCUT2D eigenvalue weighted by atomic mass is 10.2. The summed E-state index contributed by atoms with van der Waals surface area (Å²) in [4.78, 5) is 30.1. The molecule has 0 aliphatic rings. The zero-order chi connectivity index (χ0) is 20.8. The van der Waals surface area contributed by atoms with Crippen LogP contribution in [0.4, 0.5) is 5.82 Å². The Labute approximate surface area is 167 Å². The van der Waals surface area contributed by atoms with Crippen LogP contribution in [0.15, 0.2) is 46.5 Å². The fourth-order valence-corrected chi connectivity index (χ4v) is 3.78. The van der Waals surface area contributed by atoms with Crippen molar-refractivity contribution in [1.29, 1.82) is 0 Å². The standard InChI is InChI=1S/C19H20N6O3S/c1-4-14-20-10-13-18(26)21-15-16(24(2)11-12-8-6-5-7-9-12)22-19(29(3,27)28)23-17(15)25(13)14/h5-10H,4,11H2,1-3H3,(H,21,26). The van der Waals surface area contributed by atoms with Crippen molar-refractivity contribution in [3.8, 4) is 0 Å². The van der Waals surface area contributed by atoms with Gasteiger partial charge in [0.25, 0.3) is 10.7 Å². The topological polar surface area (TPSA) is 113 Å². The molecule has 0 fully saturated rings. The van der Waals surface area contributed by atoms with Gasteiger partial charge in [0.05, 0.1) is 6.20 Å². The number of aromatic amines is 1. The summed E-state index contributed by atoms with van der Waals surface area (Å²) in [6.45, 7) is 2.38. The van der Waals surface area contributed by atoms with E-state index in [9.17, 15) is 13.2 Å². The third-order valence-corrected chi connectivity index (χ3v) is 5.49. The average Bonchev–Trinajstić information content (AvgIpc) is 3.12. The van der Waals surface area contributed by atoms with Gasteiger partial charge in [-0.3, -0.25) is 9.20 Å². The number of rotatable bonds is 5. The molecule has 3 aromatic heterocycles. The van der Waals surface area contributed by atoms with Gasteiger partial charge in [0.1, 0.15) is 16.9 Å². The molecule has 0 saturated heterocycles. The Kier molecular flexibility index (Phi) is 4.58. The molecule has 0 amide bonds. The maximum Gasteiger partial charge on any atom is 0.274 e. The van der Waals surface area contributed by atoms with E-state index in [0.717, 1.165) is 11.8 Å². The van der Waals surface area contributed by atoms with E-state index in [1.807, 2.05) is 37.3 Å². The highest BCUT2D eigenvalue weighted by atomic mass is 32.2. The summed E-state index contributed by atoms with van der Waals surface area (Å²) >= 11 is 0. The lowest BCUT2D eigenvalue weighted by molar-refractivity contribution is 0.593. The van der Waals surface area contributed by atoms with Crippen LogP contribution in [-0.4, -0.2) is 46.1 Å². The predicted octanol–water partition coefficient (Wildman–Crippen LogP) is 1.57. The van der Waals surface area contributed by atoms with Gasteiger partial charge in [0.2, 0.25) is 9.84 Å². The first kappa shape index (κ1) is 19.1. The van der Waals surface area contributed by atoms with Crippen LogP contribution in [0.5, 0.6) is 0 Å². The second-order valence-corrected chi connectivity index (χ2v) is 8.75. The van der Waals surface area contributed by atoms with Crippen molar-refractivity contribution in [3.63, 3.8) is 0 Å². The first-order valence-corrected chi connectivity index (χ1v) is 10.9. The third kappa shape index (κ3) is 3.35. The van der Waals surface area contributed by atoms with E-state index < -0.39 is 9.84 Å². The lowest BCUT2D eigenvalue weighted by Crippen LogP contribution is -2.23. The number of benzene rings is 1. The Hall–Kier alpha value is -3.27. The number of sulfone groups is 1. The summed E-state index contributed by atoms with van der Waals surface area (Å²) in [5.74, 6) is 0.944. The van der Waals surface area contributed by atoms with Crippen molar-refractivity contribution in [2.24, 2.45) is 0 Å². The minimum Gasteiger partial charge on any atom is -0.353 e. The molecule has 0 spiro atoms. The number of H-pyrrole nitrogens is 1. The van der Waals surface area contributed by atoms with Crippen molar-refractivity contribution < 1.29 is 8.42 Å². The van der Waals surface area contributed by atoms with Crippen molar-refractivity contribution in [3.05, 3.63) is 58.3 Å². The zero-order valence-corrected chi connectivity index (χ0v) is 17.1. The highest BCUT2D eigenvalue weighted by molar-refractivity contribution is 7.90. The Morgan fingerprint density at radius 2 is 1.90 bits per heavy atom. The molecule has 1 aromatic carbocycles. The minimum atomic E-state index is -3.68. The van der Waals surface area contributed by atoms with Gasteiger partial charge in [-0.1, -0.05) is 37.3 Å². The molecule has 0 unspecified atom stereocenters. The molecule has 0 aliphatic heterocycles. The molecule has 9 nitrogen and oxygen atoms in total. The maximum atomic E-state index is 12.6. The minimum absolute atomic E-state index is 0.302. The molecule has 0 bridgehead atoms. The summed E-state index contributed by atoms with van der Waals surface area (Å²) in [6, 6.07) is 9.69. The number of nitrogens with one attached hydrogen (secondary N) is 1. The van der Waals surface area contributed by atoms with E-state index in [4.69, 9.17) is 0 Å². The first-order chi connectivity index (χ1) is 13.8. The van der Waals surface area contributed by atoms with Gasteiger partial charge in [0.15, 0.2) is 11.5 Å². The van der Waals surface area contributed by atoms with Crippen LogP contribution in [0.2, 0.25) is 0 Å². The van der Waals surface area contributed by atoms with Gasteiger partial charge in [-0.25, -0.2) is 13.4 Å². The highest BCUT2D eigenvalue weighted by Crippen LogP contribution is 2.24. The lowest BCUT2D eigenvalue weighted by Gasteiger charge is -2.20. The molecule has 0 saturated carbocycles. The summed E-state index contributed by atoms with van der Waals surface area (Å²) in [7, 11) is -1.89. The van der Waals surface area contributed by atoms with Crippen LogP contribution >= 0.6 is 0 Å². The summed E-state index contributed by atoms with van der Waals surface area (Å²) in [5.41, 5.74) is 1.65. The summed E-state index contributed by atoms with van der Waals surface area (Å²) < 4.78 is 26.1. The number of aromatic nitrogens is 5. The molecule has 0 atom stereocenters. The quantitative estimate of drug-likeness (QED) is 0.495. The van der Waals surface area contributed by atoms with Gasteiger partial charge >= 0.3 is 0 Å². The molecular weight excluding hydrogens is 392 g/mol. The van der Waals surface area contributed by atoms with Crippen LogP contribution in [0.1, 0.15) is 18.3 Å². The summed E-state index contributed by atoms with van der Waals surface area (Å²) in [6.07, 6.45) is 3.08. The molecule has 4 rings (SSSR count). The van der Waals surface area contributed by atoms with Crippen LogP contribution < -0.4 is 10.5 Å². The maximum absolute atomic E-state index is 12.6. The number of nitrogens with zero attached hydrogens (tertiary/aromatic N) is 5. The van der Waals surface area contributed by atoms with Crippen molar-refractivity contribution in [2.75, 3.05) is 18.2 Å². The fraction of sp³-hybridized carbons (Fsp3) is 0.263. The Morgan fingerprint density at radius 1 is 1.17 bits per heavy atom. The molecule has 0 radical (unpaired) electrons. The number of anilines is 1. The average molecular weight is 412 g/mol. The van der Waals surface area contributed by atoms with Crippen LogP contribution in [0.3, 0.4) is 0 Å². The number of hydrogen-bond acceptors (Lipinski definition) is 7. The summed E-state index contributed by atoms with van der Waals surface area (Å²) in [5, 5.41) is -0.302. The van der Waals surface area contributed by atoms with Crippen molar-refractivity contribution >= 4 is 32.3 Å². The molecule has 3 heterocycles. The van der Waals surface area contributed by atoms with Gasteiger partial charge in [-0.2, -0.15) is 9.97 Å². The Bertz CT molecular complexity index is 1380. The third-order valence-electron chi connectivity index (χ3n) is 4.64. The molecule has 1 N–H and O–H groups in total. The molecule has 4 aromatic rings. The van der Waals surface area contributed by atoms with E-state index in [1.54, 1.807) is 16.3 Å². The molecule has 150 valence electrons. The molecule has 29 heavy (non-hydrogen) atoms. The van der Waals surface area contributed by atoms with E-state index >= 15 is 0 Å². The molecular formula is C19H20N6O3S. The largest absolute Gasteiger partial charge is 0.353 e. The smallest absolute Gasteiger partial charge is 0.274 e. The second kappa shape index (κ2) is 6.96. The Morgan fingerprint density at radius 3 is 2.55 bits per heavy atom.